The second-order valence-corrected chi connectivity index (χ2v) is 4.16. The van der Waals surface area contributed by atoms with Crippen LogP contribution >= 0.6 is 0 Å². The highest BCUT2D eigenvalue weighted by molar-refractivity contribution is 5.99. The van der Waals surface area contributed by atoms with Crippen LogP contribution in [0.15, 0.2) is 30.9 Å². The van der Waals surface area contributed by atoms with Gasteiger partial charge in [0.2, 0.25) is 0 Å². The Hall–Kier alpha value is -2.51. The highest BCUT2D eigenvalue weighted by Crippen LogP contribution is 2.32. The van der Waals surface area contributed by atoms with E-state index in [1.54, 1.807) is 0 Å². The van der Waals surface area contributed by atoms with E-state index < -0.39 is 35.7 Å². The summed E-state index contributed by atoms with van der Waals surface area (Å²) >= 11 is 0. The van der Waals surface area contributed by atoms with Gasteiger partial charge < -0.3 is 15.7 Å². The van der Waals surface area contributed by atoms with Gasteiger partial charge in [0.15, 0.2) is 0 Å². The Labute approximate surface area is 118 Å². The van der Waals surface area contributed by atoms with E-state index in [2.05, 4.69) is 6.58 Å². The maximum absolute atomic E-state index is 12.6. The smallest absolute Gasteiger partial charge is 0.416 e. The molecule has 0 radical (unpaired) electrons. The normalized spacial score (nSPS) is 11.0. The molecule has 1 amide bonds. The lowest BCUT2D eigenvalue weighted by Crippen LogP contribution is -2.32. The maximum atomic E-state index is 12.6. The molecule has 0 heterocycles. The third-order valence-corrected chi connectivity index (χ3v) is 2.61. The number of hydrogen-bond acceptors (Lipinski definition) is 3. The summed E-state index contributed by atoms with van der Waals surface area (Å²) < 4.78 is 37.9. The van der Waals surface area contributed by atoms with E-state index in [4.69, 9.17) is 10.8 Å². The predicted molar refractivity (Wildman–Crippen MR) is 70.0 cm³/mol. The van der Waals surface area contributed by atoms with Gasteiger partial charge in [0.25, 0.3) is 5.91 Å². The molecular weight excluding hydrogens is 289 g/mol. The van der Waals surface area contributed by atoms with Gasteiger partial charge in [-0.25, -0.2) is 0 Å². The van der Waals surface area contributed by atoms with Crippen molar-refractivity contribution in [3.05, 3.63) is 42.0 Å². The van der Waals surface area contributed by atoms with Crippen LogP contribution < -0.4 is 10.6 Å². The van der Waals surface area contributed by atoms with Gasteiger partial charge >= 0.3 is 12.1 Å². The van der Waals surface area contributed by atoms with Gasteiger partial charge in [-0.2, -0.15) is 13.2 Å². The number of carbonyl (C=O) groups is 2. The van der Waals surface area contributed by atoms with Crippen LogP contribution in [0.2, 0.25) is 0 Å². The van der Waals surface area contributed by atoms with Crippen LogP contribution in [0.25, 0.3) is 0 Å². The summed E-state index contributed by atoms with van der Waals surface area (Å²) in [7, 11) is 0. The first-order valence-electron chi connectivity index (χ1n) is 5.75. The molecule has 0 aliphatic heterocycles. The second-order valence-electron chi connectivity index (χ2n) is 4.16. The zero-order chi connectivity index (χ0) is 16.2. The Morgan fingerprint density at radius 1 is 1.38 bits per heavy atom. The van der Waals surface area contributed by atoms with E-state index in [0.717, 1.165) is 12.1 Å². The van der Waals surface area contributed by atoms with Crippen molar-refractivity contribution in [2.75, 3.05) is 18.0 Å². The summed E-state index contributed by atoms with van der Waals surface area (Å²) in [5, 5.41) is 8.81. The van der Waals surface area contributed by atoms with E-state index in [1.165, 1.54) is 11.0 Å². The van der Waals surface area contributed by atoms with Crippen LogP contribution in [0.3, 0.4) is 0 Å². The lowest BCUT2D eigenvalue weighted by Gasteiger charge is -2.24. The topological polar surface area (TPSA) is 83.6 Å². The zero-order valence-electron chi connectivity index (χ0n) is 10.9. The molecule has 3 N–H and O–H groups in total. The van der Waals surface area contributed by atoms with Crippen molar-refractivity contribution in [3.63, 3.8) is 0 Å². The van der Waals surface area contributed by atoms with Crippen molar-refractivity contribution in [2.45, 2.75) is 6.18 Å². The van der Waals surface area contributed by atoms with Crippen molar-refractivity contribution in [3.8, 4) is 0 Å². The standard InChI is InChI=1S/C13H13F3N2O3/c1-2-5-18(7-11(19)20)10-4-3-8(13(14,15)16)6-9(10)12(17)21/h2-4,6H,1,5,7H2,(H2,17,21)(H,19,20). The number of alkyl halides is 3. The largest absolute Gasteiger partial charge is 0.480 e. The molecule has 114 valence electrons. The number of carboxylic acid groups (broad SMARTS) is 1. The minimum Gasteiger partial charge on any atom is -0.480 e. The number of nitrogens with two attached hydrogens (primary N) is 1. The molecule has 0 atom stereocenters. The molecule has 1 aromatic carbocycles. The minimum absolute atomic E-state index is 0.0119. The molecule has 21 heavy (non-hydrogen) atoms. The summed E-state index contributed by atoms with van der Waals surface area (Å²) in [4.78, 5) is 23.3. The van der Waals surface area contributed by atoms with Gasteiger partial charge in [0, 0.05) is 6.54 Å². The van der Waals surface area contributed by atoms with Crippen LogP contribution in [0.4, 0.5) is 18.9 Å². The van der Waals surface area contributed by atoms with Crippen molar-refractivity contribution in [1.29, 1.82) is 0 Å². The molecule has 1 rings (SSSR count). The van der Waals surface area contributed by atoms with E-state index in [1.807, 2.05) is 0 Å². The van der Waals surface area contributed by atoms with Crippen molar-refractivity contribution in [2.24, 2.45) is 5.73 Å². The van der Waals surface area contributed by atoms with Crippen LogP contribution in [0, 0.1) is 0 Å². The van der Waals surface area contributed by atoms with Crippen molar-refractivity contribution in [1.82, 2.24) is 0 Å². The Balaban J connectivity index is 3.36. The highest BCUT2D eigenvalue weighted by Gasteiger charge is 2.32. The van der Waals surface area contributed by atoms with Gasteiger partial charge in [-0.05, 0) is 18.2 Å². The summed E-state index contributed by atoms with van der Waals surface area (Å²) in [5.41, 5.74) is 3.67. The number of carbonyl (C=O) groups excluding carboxylic acids is 1. The number of amides is 1. The molecule has 0 bridgehead atoms. The van der Waals surface area contributed by atoms with Crippen LogP contribution in [-0.2, 0) is 11.0 Å². The third-order valence-electron chi connectivity index (χ3n) is 2.61. The first-order chi connectivity index (χ1) is 9.66. The summed E-state index contributed by atoms with van der Waals surface area (Å²) in [6.07, 6.45) is -3.26. The molecule has 0 aromatic heterocycles. The molecule has 0 aliphatic rings. The molecule has 5 nitrogen and oxygen atoms in total. The number of carboxylic acids is 1. The van der Waals surface area contributed by atoms with Gasteiger partial charge in [-0.15, -0.1) is 6.58 Å². The number of benzene rings is 1. The molecule has 0 saturated carbocycles. The first-order valence-corrected chi connectivity index (χ1v) is 5.75. The first kappa shape index (κ1) is 16.5. The Kier molecular flexibility index (Phi) is 4.96. The van der Waals surface area contributed by atoms with Crippen molar-refractivity contribution < 1.29 is 27.9 Å². The SMILES string of the molecule is C=CCN(CC(=O)O)c1ccc(C(F)(F)F)cc1C(N)=O. The second kappa shape index (κ2) is 6.29. The van der Waals surface area contributed by atoms with E-state index in [-0.39, 0.29) is 12.2 Å². The lowest BCUT2D eigenvalue weighted by molar-refractivity contribution is -0.138. The average molecular weight is 302 g/mol. The highest BCUT2D eigenvalue weighted by atomic mass is 19.4. The molecule has 1 aromatic rings. The van der Waals surface area contributed by atoms with Crippen LogP contribution in [-0.4, -0.2) is 30.1 Å². The summed E-state index contributed by atoms with van der Waals surface area (Å²) in [5.74, 6) is -2.28. The number of nitrogens with zero attached hydrogens (tertiary/aromatic N) is 1. The fourth-order valence-corrected chi connectivity index (χ4v) is 1.75. The zero-order valence-corrected chi connectivity index (χ0v) is 10.9. The van der Waals surface area contributed by atoms with Crippen molar-refractivity contribution >= 4 is 17.6 Å². The number of rotatable bonds is 6. The lowest BCUT2D eigenvalue weighted by atomic mass is 10.1. The minimum atomic E-state index is -4.63. The summed E-state index contributed by atoms with van der Waals surface area (Å²) in [6.45, 7) is 2.97. The number of primary amides is 1. The van der Waals surface area contributed by atoms with Crippen LogP contribution in [0.1, 0.15) is 15.9 Å². The Morgan fingerprint density at radius 3 is 2.43 bits per heavy atom. The van der Waals surface area contributed by atoms with E-state index in [0.29, 0.717) is 6.07 Å². The fraction of sp³-hybridized carbons (Fsp3) is 0.231. The number of hydrogen-bond donors (Lipinski definition) is 2. The molecular formula is C13H13F3N2O3. The van der Waals surface area contributed by atoms with Gasteiger partial charge in [-0.1, -0.05) is 6.08 Å². The summed E-state index contributed by atoms with van der Waals surface area (Å²) in [6, 6.07) is 2.39. The van der Waals surface area contributed by atoms with Gasteiger partial charge in [0.05, 0.1) is 16.8 Å². The monoisotopic (exact) mass is 302 g/mol. The van der Waals surface area contributed by atoms with Crippen LogP contribution in [0.5, 0.6) is 0 Å². The number of aliphatic carboxylic acids is 1. The Bertz CT molecular complexity index is 570. The average Bonchev–Trinajstić information content (AvgIpc) is 2.36. The third kappa shape index (κ3) is 4.23. The number of anilines is 1. The quantitative estimate of drug-likeness (QED) is 0.786. The molecule has 0 saturated heterocycles. The van der Waals surface area contributed by atoms with Gasteiger partial charge in [-0.3, -0.25) is 9.59 Å². The van der Waals surface area contributed by atoms with E-state index in [9.17, 15) is 22.8 Å². The molecule has 0 unspecified atom stereocenters. The molecule has 8 heteroatoms. The predicted octanol–water partition coefficient (Wildman–Crippen LogP) is 1.88. The van der Waals surface area contributed by atoms with Gasteiger partial charge in [0.1, 0.15) is 6.54 Å². The Morgan fingerprint density at radius 2 is 2.00 bits per heavy atom. The molecule has 0 spiro atoms. The fourth-order valence-electron chi connectivity index (χ4n) is 1.75. The molecule has 0 aliphatic carbocycles. The van der Waals surface area contributed by atoms with E-state index >= 15 is 0 Å². The number of halogens is 3. The maximum Gasteiger partial charge on any atom is 0.416 e. The molecule has 0 fully saturated rings.